The van der Waals surface area contributed by atoms with Crippen LogP contribution in [0.2, 0.25) is 0 Å². The summed E-state index contributed by atoms with van der Waals surface area (Å²) in [6.45, 7) is 0. The fourth-order valence-electron chi connectivity index (χ4n) is 3.36. The topological polar surface area (TPSA) is 46.2 Å². The van der Waals surface area contributed by atoms with Crippen LogP contribution in [0.4, 0.5) is 0 Å². The van der Waals surface area contributed by atoms with Gasteiger partial charge in [-0.3, -0.25) is 0 Å². The van der Waals surface area contributed by atoms with Gasteiger partial charge in [0.05, 0.1) is 11.6 Å². The normalized spacial score (nSPS) is 20.5. The van der Waals surface area contributed by atoms with Gasteiger partial charge in [-0.25, -0.2) is 0 Å². The predicted octanol–water partition coefficient (Wildman–Crippen LogP) is 3.92. The Labute approximate surface area is 120 Å². The van der Waals surface area contributed by atoms with Gasteiger partial charge in [-0.1, -0.05) is 62.1 Å². The number of rotatable bonds is 2. The molecule has 2 nitrogen and oxygen atoms in total. The van der Waals surface area contributed by atoms with Gasteiger partial charge in [0.15, 0.2) is 0 Å². The second-order valence-corrected chi connectivity index (χ2v) is 6.10. The summed E-state index contributed by atoms with van der Waals surface area (Å²) >= 11 is 0. The molecule has 20 heavy (non-hydrogen) atoms. The molecule has 0 aliphatic heterocycles. The third kappa shape index (κ3) is 2.58. The third-order valence-electron chi connectivity index (χ3n) is 4.68. The summed E-state index contributed by atoms with van der Waals surface area (Å²) in [6.07, 6.45) is 6.23. The van der Waals surface area contributed by atoms with Gasteiger partial charge in [0.2, 0.25) is 0 Å². The second-order valence-electron chi connectivity index (χ2n) is 6.10. The van der Waals surface area contributed by atoms with E-state index in [2.05, 4.69) is 30.3 Å². The van der Waals surface area contributed by atoms with E-state index in [0.29, 0.717) is 0 Å². The Balaban J connectivity index is 1.92. The number of hydrogen-bond donors (Lipinski definition) is 2. The van der Waals surface area contributed by atoms with Gasteiger partial charge < -0.3 is 10.8 Å². The average Bonchev–Trinajstić information content (AvgIpc) is 2.72. The van der Waals surface area contributed by atoms with Crippen molar-refractivity contribution in [2.75, 3.05) is 0 Å². The van der Waals surface area contributed by atoms with Crippen molar-refractivity contribution < 1.29 is 5.11 Å². The minimum absolute atomic E-state index is 0.287. The summed E-state index contributed by atoms with van der Waals surface area (Å²) < 4.78 is 0. The molecule has 3 N–H and O–H groups in total. The van der Waals surface area contributed by atoms with Crippen LogP contribution in [0.15, 0.2) is 42.5 Å². The van der Waals surface area contributed by atoms with Crippen molar-refractivity contribution in [2.45, 2.75) is 50.2 Å². The molecular weight excluding hydrogens is 246 g/mol. The van der Waals surface area contributed by atoms with Crippen LogP contribution in [0.1, 0.15) is 50.1 Å². The van der Waals surface area contributed by atoms with Gasteiger partial charge in [-0.2, -0.15) is 0 Å². The Morgan fingerprint density at radius 2 is 1.55 bits per heavy atom. The van der Waals surface area contributed by atoms with E-state index in [0.717, 1.165) is 31.2 Å². The highest BCUT2D eigenvalue weighted by atomic mass is 16.3. The van der Waals surface area contributed by atoms with Gasteiger partial charge >= 0.3 is 0 Å². The van der Waals surface area contributed by atoms with Crippen molar-refractivity contribution in [3.8, 4) is 0 Å². The van der Waals surface area contributed by atoms with Crippen molar-refractivity contribution in [1.82, 2.24) is 0 Å². The molecule has 0 amide bonds. The predicted molar refractivity (Wildman–Crippen MR) is 83.5 cm³/mol. The molecule has 0 radical (unpaired) electrons. The summed E-state index contributed by atoms with van der Waals surface area (Å²) in [5.41, 5.74) is 6.73. The molecule has 1 aliphatic carbocycles. The maximum absolute atomic E-state index is 10.9. The molecule has 0 heterocycles. The first kappa shape index (κ1) is 13.6. The molecule has 0 saturated heterocycles. The maximum Gasteiger partial charge on any atom is 0.0839 e. The van der Waals surface area contributed by atoms with Crippen molar-refractivity contribution in [1.29, 1.82) is 0 Å². The van der Waals surface area contributed by atoms with Crippen molar-refractivity contribution >= 4 is 10.8 Å². The van der Waals surface area contributed by atoms with E-state index in [4.69, 9.17) is 5.73 Å². The smallest absolute Gasteiger partial charge is 0.0839 e. The second kappa shape index (κ2) is 5.55. The molecule has 1 atom stereocenters. The number of aliphatic hydroxyl groups is 1. The number of benzene rings is 2. The summed E-state index contributed by atoms with van der Waals surface area (Å²) in [5.74, 6) is 0. The van der Waals surface area contributed by atoms with Gasteiger partial charge in [-0.15, -0.1) is 0 Å². The standard InChI is InChI=1S/C18H23NO/c19-17(18(20)11-5-1-2-6-12-18)16-10-9-14-7-3-4-8-15(14)13-16/h3-4,7-10,13,17,20H,1-2,5-6,11-12,19H2. The zero-order valence-corrected chi connectivity index (χ0v) is 11.9. The molecule has 3 rings (SSSR count). The monoisotopic (exact) mass is 269 g/mol. The van der Waals surface area contributed by atoms with Gasteiger partial charge in [0.1, 0.15) is 0 Å². The molecule has 2 aromatic rings. The highest BCUT2D eigenvalue weighted by Gasteiger charge is 2.35. The fraction of sp³-hybridized carbons (Fsp3) is 0.444. The SMILES string of the molecule is NC(c1ccc2ccccc2c1)C1(O)CCCCCC1. The van der Waals surface area contributed by atoms with Crippen molar-refractivity contribution in [3.05, 3.63) is 48.0 Å². The zero-order chi connectivity index (χ0) is 14.0. The average molecular weight is 269 g/mol. The Hall–Kier alpha value is -1.38. The number of nitrogens with two attached hydrogens (primary N) is 1. The number of fused-ring (bicyclic) bond motifs is 1. The van der Waals surface area contributed by atoms with Crippen LogP contribution in [-0.2, 0) is 0 Å². The first-order valence-corrected chi connectivity index (χ1v) is 7.66. The minimum atomic E-state index is -0.737. The van der Waals surface area contributed by atoms with E-state index in [-0.39, 0.29) is 6.04 Å². The fourth-order valence-corrected chi connectivity index (χ4v) is 3.36. The van der Waals surface area contributed by atoms with Gasteiger partial charge in [-0.05, 0) is 35.2 Å². The summed E-state index contributed by atoms with van der Waals surface area (Å²) in [4.78, 5) is 0. The Bertz CT molecular complexity index is 585. The van der Waals surface area contributed by atoms with Crippen molar-refractivity contribution in [3.63, 3.8) is 0 Å². The van der Waals surface area contributed by atoms with E-state index >= 15 is 0 Å². The third-order valence-corrected chi connectivity index (χ3v) is 4.68. The van der Waals surface area contributed by atoms with Crippen molar-refractivity contribution in [2.24, 2.45) is 5.73 Å². The van der Waals surface area contributed by atoms with Crippen LogP contribution >= 0.6 is 0 Å². The molecule has 0 spiro atoms. The lowest BCUT2D eigenvalue weighted by atomic mass is 9.82. The zero-order valence-electron chi connectivity index (χ0n) is 11.9. The van der Waals surface area contributed by atoms with Gasteiger partial charge in [0, 0.05) is 0 Å². The molecular formula is C18H23NO. The summed E-state index contributed by atoms with van der Waals surface area (Å²) in [6, 6.07) is 14.3. The Kier molecular flexibility index (Phi) is 3.77. The summed E-state index contributed by atoms with van der Waals surface area (Å²) in [5, 5.41) is 13.3. The molecule has 1 fully saturated rings. The van der Waals surface area contributed by atoms with Gasteiger partial charge in [0.25, 0.3) is 0 Å². The van der Waals surface area contributed by atoms with Crippen LogP contribution < -0.4 is 5.73 Å². The van der Waals surface area contributed by atoms with Crippen LogP contribution in [0.5, 0.6) is 0 Å². The lowest BCUT2D eigenvalue weighted by Crippen LogP contribution is -2.40. The Morgan fingerprint density at radius 3 is 2.25 bits per heavy atom. The molecule has 0 aromatic heterocycles. The van der Waals surface area contributed by atoms with E-state index in [1.54, 1.807) is 0 Å². The number of hydrogen-bond acceptors (Lipinski definition) is 2. The molecule has 0 bridgehead atoms. The first-order chi connectivity index (χ1) is 9.69. The summed E-state index contributed by atoms with van der Waals surface area (Å²) in [7, 11) is 0. The molecule has 1 saturated carbocycles. The van der Waals surface area contributed by atoms with Crippen LogP contribution in [-0.4, -0.2) is 10.7 Å². The largest absolute Gasteiger partial charge is 0.388 e. The van der Waals surface area contributed by atoms with Crippen LogP contribution in [0.25, 0.3) is 10.8 Å². The lowest BCUT2D eigenvalue weighted by molar-refractivity contribution is -0.00118. The lowest BCUT2D eigenvalue weighted by Gasteiger charge is -2.33. The van der Waals surface area contributed by atoms with E-state index in [9.17, 15) is 5.11 Å². The van der Waals surface area contributed by atoms with Crippen LogP contribution in [0, 0.1) is 0 Å². The van der Waals surface area contributed by atoms with E-state index in [1.807, 2.05) is 12.1 Å². The molecule has 2 heteroatoms. The quantitative estimate of drug-likeness (QED) is 0.812. The molecule has 1 unspecified atom stereocenters. The molecule has 106 valence electrons. The molecule has 1 aliphatic rings. The van der Waals surface area contributed by atoms with Crippen LogP contribution in [0.3, 0.4) is 0 Å². The first-order valence-electron chi connectivity index (χ1n) is 7.66. The minimum Gasteiger partial charge on any atom is -0.388 e. The maximum atomic E-state index is 10.9. The van der Waals surface area contributed by atoms with E-state index < -0.39 is 5.60 Å². The molecule has 2 aromatic carbocycles. The highest BCUT2D eigenvalue weighted by molar-refractivity contribution is 5.83. The van der Waals surface area contributed by atoms with E-state index in [1.165, 1.54) is 23.6 Å². The highest BCUT2D eigenvalue weighted by Crippen LogP contribution is 2.36. The Morgan fingerprint density at radius 1 is 0.900 bits per heavy atom.